The molecule has 5 nitrogen and oxygen atoms in total. The highest BCUT2D eigenvalue weighted by molar-refractivity contribution is 7.99. The van der Waals surface area contributed by atoms with Gasteiger partial charge in [0.25, 0.3) is 0 Å². The van der Waals surface area contributed by atoms with Gasteiger partial charge in [-0.25, -0.2) is 0 Å². The number of aromatic nitrogens is 2. The number of hydrogen-bond acceptors (Lipinski definition) is 5. The first-order valence-electron chi connectivity index (χ1n) is 9.04. The summed E-state index contributed by atoms with van der Waals surface area (Å²) in [5.74, 6) is -0.633. The second kappa shape index (κ2) is 9.23. The van der Waals surface area contributed by atoms with Crippen LogP contribution in [0.25, 0.3) is 11.4 Å². The number of hydrogen-bond donors (Lipinski definition) is 1. The summed E-state index contributed by atoms with van der Waals surface area (Å²) >= 11 is 1.02. The second-order valence-corrected chi connectivity index (χ2v) is 7.91. The number of benzene rings is 2. The fourth-order valence-corrected chi connectivity index (χ4v) is 3.33. The lowest BCUT2D eigenvalue weighted by atomic mass is 10.1. The topological polar surface area (TPSA) is 68.0 Å². The molecule has 2 aromatic carbocycles. The third kappa shape index (κ3) is 5.81. The third-order valence-electron chi connectivity index (χ3n) is 4.23. The number of para-hydroxylation sites is 1. The van der Waals surface area contributed by atoms with Gasteiger partial charge in [0.05, 0.1) is 27.8 Å². The summed E-state index contributed by atoms with van der Waals surface area (Å²) in [5.41, 5.74) is -2.08. The van der Waals surface area contributed by atoms with Gasteiger partial charge in [0.2, 0.25) is 17.6 Å². The monoisotopic (exact) mass is 475 g/mol. The highest BCUT2D eigenvalue weighted by atomic mass is 32.2. The summed E-state index contributed by atoms with van der Waals surface area (Å²) < 4.78 is 82.7. The Bertz CT molecular complexity index is 1100. The van der Waals surface area contributed by atoms with Crippen molar-refractivity contribution >= 4 is 23.4 Å². The van der Waals surface area contributed by atoms with E-state index in [1.807, 2.05) is 0 Å². The zero-order valence-corrected chi connectivity index (χ0v) is 17.1. The van der Waals surface area contributed by atoms with Gasteiger partial charge in [-0.1, -0.05) is 29.4 Å². The van der Waals surface area contributed by atoms with E-state index >= 15 is 0 Å². The number of alkyl halides is 6. The molecule has 1 heterocycles. The maximum absolute atomic E-state index is 13.1. The molecule has 1 N–H and O–H groups in total. The minimum Gasteiger partial charge on any atom is -0.338 e. The summed E-state index contributed by atoms with van der Waals surface area (Å²) in [5, 5.41) is 5.12. The minimum absolute atomic E-state index is 0.0292. The predicted octanol–water partition coefficient (Wildman–Crippen LogP) is 6.03. The summed E-state index contributed by atoms with van der Waals surface area (Å²) in [6.07, 6.45) is -9.14. The fraction of sp³-hybridized carbons (Fsp3) is 0.250. The Morgan fingerprint density at radius 1 is 1.06 bits per heavy atom. The van der Waals surface area contributed by atoms with Crippen molar-refractivity contribution in [3.8, 4) is 11.4 Å². The van der Waals surface area contributed by atoms with E-state index in [4.69, 9.17) is 4.52 Å². The normalized spacial score (nSPS) is 13.1. The van der Waals surface area contributed by atoms with E-state index in [0.717, 1.165) is 36.0 Å². The van der Waals surface area contributed by atoms with Crippen LogP contribution in [0.15, 0.2) is 53.1 Å². The van der Waals surface area contributed by atoms with Crippen LogP contribution in [0.2, 0.25) is 0 Å². The summed E-state index contributed by atoms with van der Waals surface area (Å²) in [4.78, 5) is 16.3. The first kappa shape index (κ1) is 23.6. The van der Waals surface area contributed by atoms with Gasteiger partial charge in [0.1, 0.15) is 0 Å². The Labute approximate surface area is 182 Å². The number of carbonyl (C=O) groups is 1. The smallest absolute Gasteiger partial charge is 0.338 e. The van der Waals surface area contributed by atoms with Crippen LogP contribution in [-0.4, -0.2) is 21.3 Å². The molecule has 3 rings (SSSR count). The van der Waals surface area contributed by atoms with Crippen LogP contribution >= 0.6 is 11.8 Å². The molecule has 0 radical (unpaired) electrons. The standard InChI is InChI=1S/C20H15F6N3O2S/c1-11(18(30)27-15-8-3-2-7-14(15)20(24,25)26)32-10-16-28-17(29-31-16)12-5-4-6-13(9-12)19(21,22)23/h2-9,11H,10H2,1H3,(H,27,30). The third-order valence-corrected chi connectivity index (χ3v) is 5.36. The molecule has 0 spiro atoms. The molecule has 12 heteroatoms. The molecule has 0 bridgehead atoms. The molecule has 32 heavy (non-hydrogen) atoms. The molecule has 1 aromatic heterocycles. The summed E-state index contributed by atoms with van der Waals surface area (Å²) in [6.45, 7) is 1.49. The van der Waals surface area contributed by atoms with Crippen LogP contribution in [0, 0.1) is 0 Å². The van der Waals surface area contributed by atoms with E-state index in [-0.39, 0.29) is 28.7 Å². The molecule has 0 aliphatic carbocycles. The molecular formula is C20H15F6N3O2S. The van der Waals surface area contributed by atoms with E-state index < -0.39 is 34.6 Å². The number of nitrogens with one attached hydrogen (secondary N) is 1. The van der Waals surface area contributed by atoms with E-state index in [1.165, 1.54) is 31.2 Å². The molecule has 0 saturated carbocycles. The van der Waals surface area contributed by atoms with Crippen molar-refractivity contribution in [1.29, 1.82) is 0 Å². The van der Waals surface area contributed by atoms with Gasteiger partial charge in [-0.05, 0) is 31.2 Å². The van der Waals surface area contributed by atoms with E-state index in [0.29, 0.717) is 0 Å². The Hall–Kier alpha value is -3.02. The second-order valence-electron chi connectivity index (χ2n) is 6.58. The minimum atomic E-state index is -4.62. The largest absolute Gasteiger partial charge is 0.418 e. The van der Waals surface area contributed by atoms with Crippen molar-refractivity contribution in [2.45, 2.75) is 30.3 Å². The van der Waals surface area contributed by atoms with Crippen LogP contribution in [0.3, 0.4) is 0 Å². The van der Waals surface area contributed by atoms with Gasteiger partial charge in [-0.15, -0.1) is 11.8 Å². The molecule has 0 saturated heterocycles. The lowest BCUT2D eigenvalue weighted by molar-refractivity contribution is -0.138. The van der Waals surface area contributed by atoms with Crippen LogP contribution in [0.5, 0.6) is 0 Å². The van der Waals surface area contributed by atoms with Gasteiger partial charge in [-0.3, -0.25) is 4.79 Å². The van der Waals surface area contributed by atoms with Gasteiger partial charge < -0.3 is 9.84 Å². The SMILES string of the molecule is CC(SCc1nc(-c2cccc(C(F)(F)F)c2)no1)C(=O)Nc1ccccc1C(F)(F)F. The van der Waals surface area contributed by atoms with Crippen molar-refractivity contribution in [3.05, 3.63) is 65.5 Å². The number of rotatable bonds is 6. The van der Waals surface area contributed by atoms with Crippen LogP contribution in [0.1, 0.15) is 23.9 Å². The van der Waals surface area contributed by atoms with Gasteiger partial charge in [0.15, 0.2) is 0 Å². The number of halogens is 6. The maximum Gasteiger partial charge on any atom is 0.418 e. The highest BCUT2D eigenvalue weighted by Crippen LogP contribution is 2.35. The molecule has 1 unspecified atom stereocenters. The summed E-state index contributed by atoms with van der Waals surface area (Å²) in [6, 6.07) is 9.01. The number of amides is 1. The molecule has 1 atom stereocenters. The van der Waals surface area contributed by atoms with Crippen LogP contribution in [-0.2, 0) is 22.9 Å². The van der Waals surface area contributed by atoms with Crippen molar-refractivity contribution in [3.63, 3.8) is 0 Å². The van der Waals surface area contributed by atoms with Crippen LogP contribution in [0.4, 0.5) is 32.0 Å². The Morgan fingerprint density at radius 2 is 1.78 bits per heavy atom. The lowest BCUT2D eigenvalue weighted by Gasteiger charge is -2.15. The molecule has 170 valence electrons. The first-order valence-corrected chi connectivity index (χ1v) is 10.1. The Morgan fingerprint density at radius 3 is 2.47 bits per heavy atom. The number of carbonyl (C=O) groups excluding carboxylic acids is 1. The number of nitrogens with zero attached hydrogens (tertiary/aromatic N) is 2. The number of anilines is 1. The van der Waals surface area contributed by atoms with Crippen molar-refractivity contribution in [1.82, 2.24) is 10.1 Å². The average molecular weight is 475 g/mol. The fourth-order valence-electron chi connectivity index (χ4n) is 2.61. The zero-order valence-electron chi connectivity index (χ0n) is 16.3. The Kier molecular flexibility index (Phi) is 6.82. The molecule has 1 amide bonds. The zero-order chi connectivity index (χ0) is 23.5. The highest BCUT2D eigenvalue weighted by Gasteiger charge is 2.34. The van der Waals surface area contributed by atoms with Gasteiger partial charge in [-0.2, -0.15) is 31.3 Å². The summed E-state index contributed by atoms with van der Waals surface area (Å²) in [7, 11) is 0. The van der Waals surface area contributed by atoms with Crippen molar-refractivity contribution in [2.24, 2.45) is 0 Å². The van der Waals surface area contributed by atoms with Crippen LogP contribution < -0.4 is 5.32 Å². The number of thioether (sulfide) groups is 1. The molecule has 3 aromatic rings. The first-order chi connectivity index (χ1) is 14.9. The van der Waals surface area contributed by atoms with Gasteiger partial charge in [0, 0.05) is 5.56 Å². The molecule has 0 aliphatic heterocycles. The van der Waals surface area contributed by atoms with E-state index in [2.05, 4.69) is 15.5 Å². The van der Waals surface area contributed by atoms with Crippen molar-refractivity contribution < 1.29 is 35.7 Å². The molecular weight excluding hydrogens is 460 g/mol. The van der Waals surface area contributed by atoms with E-state index in [1.54, 1.807) is 0 Å². The van der Waals surface area contributed by atoms with E-state index in [9.17, 15) is 31.1 Å². The average Bonchev–Trinajstić information content (AvgIpc) is 3.20. The quantitative estimate of drug-likeness (QED) is 0.441. The van der Waals surface area contributed by atoms with Crippen molar-refractivity contribution in [2.75, 3.05) is 5.32 Å². The lowest BCUT2D eigenvalue weighted by Crippen LogP contribution is -2.24. The molecule has 0 fully saturated rings. The van der Waals surface area contributed by atoms with Gasteiger partial charge >= 0.3 is 12.4 Å². The Balaban J connectivity index is 1.63. The molecule has 0 aliphatic rings. The predicted molar refractivity (Wildman–Crippen MR) is 106 cm³/mol. The maximum atomic E-state index is 13.1.